The van der Waals surface area contributed by atoms with Crippen molar-refractivity contribution >= 4 is 28.7 Å². The first-order valence-electron chi connectivity index (χ1n) is 12.8. The van der Waals surface area contributed by atoms with E-state index in [1.807, 2.05) is 32.2 Å². The number of nitrogens with zero attached hydrogens (tertiary/aromatic N) is 7. The lowest BCUT2D eigenvalue weighted by atomic mass is 10.1. The number of hydrogen-bond acceptors (Lipinski definition) is 9. The zero-order valence-electron chi connectivity index (χ0n) is 21.9. The molecule has 1 fully saturated rings. The van der Waals surface area contributed by atoms with Gasteiger partial charge in [-0.25, -0.2) is 24.9 Å². The zero-order chi connectivity index (χ0) is 26.1. The van der Waals surface area contributed by atoms with Gasteiger partial charge in [0.05, 0.1) is 35.4 Å². The number of fused-ring (bicyclic) bond motifs is 1. The second kappa shape index (κ2) is 10.5. The van der Waals surface area contributed by atoms with Gasteiger partial charge in [0.15, 0.2) is 17.3 Å². The predicted octanol–water partition coefficient (Wildman–Crippen LogP) is 5.17. The largest absolute Gasteiger partial charge is 0.360 e. The van der Waals surface area contributed by atoms with Gasteiger partial charge in [-0.15, -0.1) is 11.8 Å². The lowest BCUT2D eigenvalue weighted by Crippen LogP contribution is -2.30. The van der Waals surface area contributed by atoms with Crippen LogP contribution in [0.25, 0.3) is 22.6 Å². The van der Waals surface area contributed by atoms with Crippen LogP contribution in [-0.2, 0) is 6.54 Å². The average Bonchev–Trinajstić information content (AvgIpc) is 3.73. The summed E-state index contributed by atoms with van der Waals surface area (Å²) in [6.07, 6.45) is 7.38. The summed E-state index contributed by atoms with van der Waals surface area (Å²) in [5.41, 5.74) is 4.39. The molecular formula is C27H32N8OS. The van der Waals surface area contributed by atoms with Crippen LogP contribution in [0.1, 0.15) is 69.6 Å². The molecule has 0 bridgehead atoms. The van der Waals surface area contributed by atoms with Crippen molar-refractivity contribution in [1.82, 2.24) is 34.5 Å². The third kappa shape index (κ3) is 5.20. The summed E-state index contributed by atoms with van der Waals surface area (Å²) in [6.45, 7) is 10.7. The van der Waals surface area contributed by atoms with Gasteiger partial charge in [0.2, 0.25) is 0 Å². The van der Waals surface area contributed by atoms with E-state index in [1.54, 1.807) is 28.9 Å². The first-order valence-corrected chi connectivity index (χ1v) is 13.8. The molecule has 4 aromatic rings. The molecule has 0 amide bonds. The van der Waals surface area contributed by atoms with E-state index in [4.69, 9.17) is 4.98 Å². The summed E-state index contributed by atoms with van der Waals surface area (Å²) in [6, 6.07) is 3.92. The number of thioether (sulfide) groups is 1. The Morgan fingerprint density at radius 1 is 1.08 bits per heavy atom. The number of hydrogen-bond donors (Lipinski definition) is 1. The monoisotopic (exact) mass is 516 g/mol. The topological polar surface area (TPSA) is 111 Å². The number of pyridine rings is 1. The van der Waals surface area contributed by atoms with Crippen molar-refractivity contribution in [2.45, 2.75) is 70.9 Å². The average molecular weight is 517 g/mol. The van der Waals surface area contributed by atoms with Crippen LogP contribution in [0.3, 0.4) is 0 Å². The Balaban J connectivity index is 1.56. The van der Waals surface area contributed by atoms with Crippen LogP contribution in [0.15, 0.2) is 40.5 Å². The van der Waals surface area contributed by atoms with Crippen molar-refractivity contribution in [2.24, 2.45) is 5.92 Å². The number of aryl methyl sites for hydroxylation is 1. The van der Waals surface area contributed by atoms with Gasteiger partial charge in [-0.05, 0) is 50.5 Å². The highest BCUT2D eigenvalue weighted by Gasteiger charge is 2.30. The summed E-state index contributed by atoms with van der Waals surface area (Å²) in [5.74, 6) is 2.43. The zero-order valence-corrected chi connectivity index (χ0v) is 22.7. The second-order valence-corrected chi connectivity index (χ2v) is 11.1. The quantitative estimate of drug-likeness (QED) is 0.301. The maximum atomic E-state index is 13.7. The normalized spacial score (nSPS) is 14.3. The maximum Gasteiger partial charge on any atom is 0.295 e. The van der Waals surface area contributed by atoms with E-state index in [9.17, 15) is 4.79 Å². The minimum absolute atomic E-state index is 0.0965. The fraction of sp³-hybridized carbons (Fsp3) is 0.444. The van der Waals surface area contributed by atoms with E-state index in [-0.39, 0.29) is 23.3 Å². The summed E-state index contributed by atoms with van der Waals surface area (Å²) >= 11 is 1.75. The van der Waals surface area contributed by atoms with Crippen LogP contribution >= 0.6 is 11.8 Å². The number of nitrogens with one attached hydrogen (secondary N) is 1. The van der Waals surface area contributed by atoms with Gasteiger partial charge < -0.3 is 5.32 Å². The Kier molecular flexibility index (Phi) is 7.19. The molecule has 1 atom stereocenters. The lowest BCUT2D eigenvalue weighted by Gasteiger charge is -2.22. The molecule has 1 saturated carbocycles. The molecule has 1 aliphatic carbocycles. The molecule has 9 nitrogen and oxygen atoms in total. The van der Waals surface area contributed by atoms with Crippen molar-refractivity contribution < 1.29 is 0 Å². The van der Waals surface area contributed by atoms with E-state index in [0.29, 0.717) is 29.5 Å². The fourth-order valence-electron chi connectivity index (χ4n) is 4.29. The van der Waals surface area contributed by atoms with E-state index in [0.717, 1.165) is 46.1 Å². The summed E-state index contributed by atoms with van der Waals surface area (Å²) in [7, 11) is 0. The van der Waals surface area contributed by atoms with Crippen molar-refractivity contribution in [3.05, 3.63) is 58.3 Å². The molecule has 0 radical (unpaired) electrons. The molecule has 0 spiro atoms. The Morgan fingerprint density at radius 2 is 1.89 bits per heavy atom. The molecular weight excluding hydrogens is 484 g/mol. The SMILES string of the molecule is CCSc1ccc(CNc2nc3cnc(-c4c(C)ncnc4C4CC4)nc3n(C(C)C(C)C)c2=O)nc1. The molecule has 10 heteroatoms. The smallest absolute Gasteiger partial charge is 0.295 e. The Labute approximate surface area is 220 Å². The first-order chi connectivity index (χ1) is 17.9. The molecule has 4 aromatic heterocycles. The standard InChI is InChI=1S/C27H32N8OS/c1-6-37-20-10-9-19(28-12-20)11-29-25-27(36)35(17(5)15(2)3)26-21(33-25)13-30-24(34-26)22-16(4)31-14-32-23(22)18-7-8-18/h9-10,12-15,17-18H,6-8,11H2,1-5H3,(H,29,33). The summed E-state index contributed by atoms with van der Waals surface area (Å²) < 4.78 is 1.74. The van der Waals surface area contributed by atoms with Crippen molar-refractivity contribution in [2.75, 3.05) is 11.1 Å². The Morgan fingerprint density at radius 3 is 2.57 bits per heavy atom. The van der Waals surface area contributed by atoms with Crippen LogP contribution in [-0.4, -0.2) is 40.2 Å². The van der Waals surface area contributed by atoms with E-state index in [1.165, 1.54) is 0 Å². The van der Waals surface area contributed by atoms with Crippen LogP contribution < -0.4 is 10.9 Å². The van der Waals surface area contributed by atoms with Crippen LogP contribution in [0, 0.1) is 12.8 Å². The van der Waals surface area contributed by atoms with Crippen LogP contribution in [0.2, 0.25) is 0 Å². The summed E-state index contributed by atoms with van der Waals surface area (Å²) in [5, 5.41) is 3.21. The van der Waals surface area contributed by atoms with Crippen molar-refractivity contribution in [3.63, 3.8) is 0 Å². The third-order valence-electron chi connectivity index (χ3n) is 6.80. The minimum Gasteiger partial charge on any atom is -0.360 e. The van der Waals surface area contributed by atoms with Crippen molar-refractivity contribution in [3.8, 4) is 11.4 Å². The van der Waals surface area contributed by atoms with E-state index >= 15 is 0 Å². The predicted molar refractivity (Wildman–Crippen MR) is 147 cm³/mol. The highest BCUT2D eigenvalue weighted by molar-refractivity contribution is 7.99. The summed E-state index contributed by atoms with van der Waals surface area (Å²) in [4.78, 5) is 42.5. The first kappa shape index (κ1) is 25.3. The fourth-order valence-corrected chi connectivity index (χ4v) is 4.91. The van der Waals surface area contributed by atoms with Gasteiger partial charge in [-0.1, -0.05) is 20.8 Å². The molecule has 1 aliphatic rings. The molecule has 0 aliphatic heterocycles. The third-order valence-corrected chi connectivity index (χ3v) is 7.67. The molecule has 1 N–H and O–H groups in total. The molecule has 1 unspecified atom stereocenters. The van der Waals surface area contributed by atoms with E-state index < -0.39 is 0 Å². The molecule has 37 heavy (non-hydrogen) atoms. The molecule has 0 saturated heterocycles. The van der Waals surface area contributed by atoms with Crippen LogP contribution in [0.4, 0.5) is 5.82 Å². The molecule has 4 heterocycles. The lowest BCUT2D eigenvalue weighted by molar-refractivity contribution is 0.406. The van der Waals surface area contributed by atoms with Gasteiger partial charge in [0.1, 0.15) is 11.8 Å². The second-order valence-electron chi connectivity index (χ2n) is 9.79. The maximum absolute atomic E-state index is 13.7. The Bertz CT molecular complexity index is 1480. The molecule has 0 aromatic carbocycles. The molecule has 5 rings (SSSR count). The molecule has 192 valence electrons. The van der Waals surface area contributed by atoms with Gasteiger partial charge in [-0.2, -0.15) is 0 Å². The van der Waals surface area contributed by atoms with Gasteiger partial charge in [0.25, 0.3) is 5.56 Å². The van der Waals surface area contributed by atoms with E-state index in [2.05, 4.69) is 51.0 Å². The number of aromatic nitrogens is 7. The van der Waals surface area contributed by atoms with Gasteiger partial charge in [-0.3, -0.25) is 14.3 Å². The number of rotatable bonds is 9. The highest BCUT2D eigenvalue weighted by Crippen LogP contribution is 2.43. The number of anilines is 1. The van der Waals surface area contributed by atoms with Crippen molar-refractivity contribution in [1.29, 1.82) is 0 Å². The van der Waals surface area contributed by atoms with Gasteiger partial charge in [0, 0.05) is 23.1 Å². The Hall–Kier alpha value is -3.40. The highest BCUT2D eigenvalue weighted by atomic mass is 32.2. The van der Waals surface area contributed by atoms with Crippen LogP contribution in [0.5, 0.6) is 0 Å². The minimum atomic E-state index is -0.208. The van der Waals surface area contributed by atoms with Gasteiger partial charge >= 0.3 is 0 Å².